The highest BCUT2D eigenvalue weighted by Gasteiger charge is 2.54. The van der Waals surface area contributed by atoms with Gasteiger partial charge in [0.2, 0.25) is 6.10 Å². The van der Waals surface area contributed by atoms with Crippen molar-refractivity contribution < 1.29 is 33.5 Å². The van der Waals surface area contributed by atoms with Crippen molar-refractivity contribution >= 4 is 57.7 Å². The van der Waals surface area contributed by atoms with Crippen LogP contribution in [0.1, 0.15) is 26.0 Å². The van der Waals surface area contributed by atoms with Crippen molar-refractivity contribution in [2.75, 3.05) is 32.3 Å². The summed E-state index contributed by atoms with van der Waals surface area (Å²) in [6, 6.07) is -0.913. The molecule has 1 aromatic heterocycles. The largest absolute Gasteiger partial charge is 0.466 e. The van der Waals surface area contributed by atoms with Gasteiger partial charge in [0, 0.05) is 18.2 Å². The van der Waals surface area contributed by atoms with E-state index >= 15 is 0 Å². The van der Waals surface area contributed by atoms with E-state index in [9.17, 15) is 19.2 Å². The molecule has 194 valence electrons. The van der Waals surface area contributed by atoms with Gasteiger partial charge in [-0.05, 0) is 18.9 Å². The molecule has 1 saturated heterocycles. The lowest BCUT2D eigenvalue weighted by molar-refractivity contribution is -0.153. The molecule has 14 heteroatoms. The van der Waals surface area contributed by atoms with E-state index in [4.69, 9.17) is 9.57 Å². The van der Waals surface area contributed by atoms with Gasteiger partial charge in [0.25, 0.3) is 11.8 Å². The van der Waals surface area contributed by atoms with Gasteiger partial charge in [-0.1, -0.05) is 24.2 Å². The number of hydrogen-bond acceptors (Lipinski definition) is 12. The quantitative estimate of drug-likeness (QED) is 0.193. The first kappa shape index (κ1) is 27.2. The van der Waals surface area contributed by atoms with Gasteiger partial charge in [-0.2, -0.15) is 0 Å². The minimum atomic E-state index is -1.07. The maximum Gasteiger partial charge on any atom is 0.355 e. The van der Waals surface area contributed by atoms with Gasteiger partial charge in [-0.15, -0.1) is 23.1 Å². The molecule has 3 rings (SSSR count). The number of β-lactam (4-membered cyclic amide) rings is 1. The van der Waals surface area contributed by atoms with E-state index in [1.807, 2.05) is 13.0 Å². The second-order valence-corrected chi connectivity index (χ2v) is 9.50. The zero-order chi connectivity index (χ0) is 26.4. The number of carbonyl (C=O) groups excluding carboxylic acids is 4. The molecule has 0 bridgehead atoms. The van der Waals surface area contributed by atoms with Crippen LogP contribution < -0.4 is 10.6 Å². The van der Waals surface area contributed by atoms with Gasteiger partial charge in [-0.25, -0.2) is 14.6 Å². The number of hydrogen-bond donors (Lipinski definition) is 2. The summed E-state index contributed by atoms with van der Waals surface area (Å²) >= 11 is 2.65. The first-order chi connectivity index (χ1) is 17.3. The van der Waals surface area contributed by atoms with Gasteiger partial charge < -0.3 is 24.9 Å². The van der Waals surface area contributed by atoms with E-state index in [2.05, 4.69) is 25.5 Å². The Hall–Kier alpha value is -3.39. The Morgan fingerprint density at radius 1 is 1.33 bits per heavy atom. The number of rotatable bonds is 10. The molecule has 1 fully saturated rings. The molecule has 2 aliphatic heterocycles. The number of fused-ring (bicyclic) bond motifs is 1. The lowest BCUT2D eigenvalue weighted by atomic mass is 10.0. The molecule has 3 heterocycles. The average molecular weight is 538 g/mol. The van der Waals surface area contributed by atoms with Crippen molar-refractivity contribution in [3.05, 3.63) is 34.5 Å². The summed E-state index contributed by atoms with van der Waals surface area (Å²) in [5.41, 5.74) is 0.827. The number of aromatic nitrogens is 1. The van der Waals surface area contributed by atoms with E-state index in [0.29, 0.717) is 16.5 Å². The second-order valence-electron chi connectivity index (χ2n) is 7.54. The summed E-state index contributed by atoms with van der Waals surface area (Å²) in [7, 11) is 4.13. The number of thiazole rings is 1. The van der Waals surface area contributed by atoms with E-state index in [1.165, 1.54) is 49.1 Å². The monoisotopic (exact) mass is 537 g/mol. The van der Waals surface area contributed by atoms with Gasteiger partial charge in [0.1, 0.15) is 22.8 Å². The van der Waals surface area contributed by atoms with E-state index in [1.54, 1.807) is 18.5 Å². The van der Waals surface area contributed by atoms with E-state index < -0.39 is 41.3 Å². The average Bonchev–Trinajstić information content (AvgIpc) is 3.37. The summed E-state index contributed by atoms with van der Waals surface area (Å²) in [5.74, 6) is -2.02. The van der Waals surface area contributed by atoms with Crippen LogP contribution in [0.25, 0.3) is 0 Å². The SMILES string of the molecule is CCC=CC1=C(C(=O)OC)N2C(=O)C(NC(=O)/C(=N/OC(C)C(=O)OC)c3csc(NC)n3)C2SC1. The molecule has 2 aliphatic rings. The molecule has 3 atom stereocenters. The van der Waals surface area contributed by atoms with Gasteiger partial charge in [-0.3, -0.25) is 14.5 Å². The topological polar surface area (TPSA) is 149 Å². The maximum atomic E-state index is 13.2. The van der Waals surface area contributed by atoms with Gasteiger partial charge in [0.15, 0.2) is 10.8 Å². The molecule has 0 spiro atoms. The third-order valence-electron chi connectivity index (χ3n) is 5.23. The molecule has 12 nitrogen and oxygen atoms in total. The number of oxime groups is 1. The van der Waals surface area contributed by atoms with Crippen LogP contribution in [0.3, 0.4) is 0 Å². The van der Waals surface area contributed by atoms with Crippen molar-refractivity contribution in [2.45, 2.75) is 37.8 Å². The van der Waals surface area contributed by atoms with Crippen molar-refractivity contribution in [3.63, 3.8) is 0 Å². The fourth-order valence-electron chi connectivity index (χ4n) is 3.37. The summed E-state index contributed by atoms with van der Waals surface area (Å²) in [4.78, 5) is 61.2. The number of thioether (sulfide) groups is 1. The van der Waals surface area contributed by atoms with Crippen LogP contribution in [-0.4, -0.2) is 83.9 Å². The Morgan fingerprint density at radius 2 is 2.08 bits per heavy atom. The summed E-state index contributed by atoms with van der Waals surface area (Å²) in [6.45, 7) is 3.38. The molecular formula is C22H27N5O7S2. The fraction of sp³-hybridized carbons (Fsp3) is 0.455. The lowest BCUT2D eigenvalue weighted by Gasteiger charge is -2.49. The molecular weight excluding hydrogens is 510 g/mol. The molecule has 3 unspecified atom stereocenters. The highest BCUT2D eigenvalue weighted by molar-refractivity contribution is 8.00. The summed E-state index contributed by atoms with van der Waals surface area (Å²) in [6.07, 6.45) is 3.40. The van der Waals surface area contributed by atoms with Crippen molar-refractivity contribution in [2.24, 2.45) is 5.16 Å². The number of methoxy groups -OCH3 is 2. The van der Waals surface area contributed by atoms with Crippen LogP contribution in [0.15, 0.2) is 34.0 Å². The Balaban J connectivity index is 1.84. The molecule has 0 aliphatic carbocycles. The van der Waals surface area contributed by atoms with Crippen LogP contribution in [0.4, 0.5) is 5.13 Å². The van der Waals surface area contributed by atoms with Crippen LogP contribution in [0.2, 0.25) is 0 Å². The number of anilines is 1. The normalized spacial score (nSPS) is 20.4. The van der Waals surface area contributed by atoms with Crippen molar-refractivity contribution in [3.8, 4) is 0 Å². The van der Waals surface area contributed by atoms with Crippen LogP contribution >= 0.6 is 23.1 Å². The molecule has 0 saturated carbocycles. The predicted octanol–water partition coefficient (Wildman–Crippen LogP) is 1.26. The minimum absolute atomic E-state index is 0.170. The predicted molar refractivity (Wildman–Crippen MR) is 134 cm³/mol. The number of amides is 2. The van der Waals surface area contributed by atoms with Crippen molar-refractivity contribution in [1.29, 1.82) is 0 Å². The standard InChI is InChI=1S/C22H27N5O7S2/c1-6-7-8-12-9-35-19-15(18(29)27(19)16(12)21(31)33-5)25-17(28)14(13-10-36-22(23-3)24-13)26-34-11(2)20(30)32-4/h7-8,10-11,15,19H,6,9H2,1-5H3,(H,23,24)(H,25,28)/b8-7?,26-14+. The minimum Gasteiger partial charge on any atom is -0.466 e. The first-order valence-electron chi connectivity index (χ1n) is 11.0. The highest BCUT2D eigenvalue weighted by Crippen LogP contribution is 2.41. The highest BCUT2D eigenvalue weighted by atomic mass is 32.2. The maximum absolute atomic E-state index is 13.2. The number of nitrogens with one attached hydrogen (secondary N) is 2. The second kappa shape index (κ2) is 12.0. The number of carbonyl (C=O) groups is 4. The third kappa shape index (κ3) is 5.54. The summed E-state index contributed by atoms with van der Waals surface area (Å²) < 4.78 is 9.51. The number of ether oxygens (including phenoxy) is 2. The molecule has 2 N–H and O–H groups in total. The number of nitrogens with zero attached hydrogens (tertiary/aromatic N) is 3. The molecule has 0 radical (unpaired) electrons. The fourth-order valence-corrected chi connectivity index (χ4v) is 5.34. The van der Waals surface area contributed by atoms with E-state index in [-0.39, 0.29) is 17.1 Å². The van der Waals surface area contributed by atoms with Crippen LogP contribution in [0, 0.1) is 0 Å². The number of esters is 2. The zero-order valence-corrected chi connectivity index (χ0v) is 22.0. The Kier molecular flexibility index (Phi) is 9.09. The zero-order valence-electron chi connectivity index (χ0n) is 20.4. The molecule has 2 amide bonds. The Morgan fingerprint density at radius 3 is 2.69 bits per heavy atom. The van der Waals surface area contributed by atoms with Crippen molar-refractivity contribution in [1.82, 2.24) is 15.2 Å². The smallest absolute Gasteiger partial charge is 0.355 e. The number of allylic oxidation sites excluding steroid dienone is 2. The molecule has 36 heavy (non-hydrogen) atoms. The Bertz CT molecular complexity index is 1130. The van der Waals surface area contributed by atoms with Crippen LogP contribution in [-0.2, 0) is 33.5 Å². The lowest BCUT2D eigenvalue weighted by Crippen LogP contribution is -2.71. The molecule has 0 aromatic carbocycles. The third-order valence-corrected chi connectivity index (χ3v) is 7.39. The van der Waals surface area contributed by atoms with E-state index in [0.717, 1.165) is 6.42 Å². The van der Waals surface area contributed by atoms with Crippen LogP contribution in [0.5, 0.6) is 0 Å². The Labute approximate surface area is 216 Å². The molecule has 1 aromatic rings. The van der Waals surface area contributed by atoms with Gasteiger partial charge >= 0.3 is 11.9 Å². The first-order valence-corrected chi connectivity index (χ1v) is 12.9. The summed E-state index contributed by atoms with van der Waals surface area (Å²) in [5, 5.41) is 11.0. The van der Waals surface area contributed by atoms with Gasteiger partial charge in [0.05, 0.1) is 14.2 Å².